The van der Waals surface area contributed by atoms with E-state index in [9.17, 15) is 9.18 Å². The summed E-state index contributed by atoms with van der Waals surface area (Å²) in [6, 6.07) is 3.99. The van der Waals surface area contributed by atoms with Gasteiger partial charge in [-0.05, 0) is 18.6 Å². The van der Waals surface area contributed by atoms with Gasteiger partial charge in [0.2, 0.25) is 0 Å². The standard InChI is InChI=1S/C11H13FO3S/c1-7(5-6-13)16-10-8(11(14)15)3-2-4-9(10)12/h2-4,7,13H,5-6H2,1H3,(H,14,15). The Balaban J connectivity index is 2.97. The van der Waals surface area contributed by atoms with Gasteiger partial charge in [-0.2, -0.15) is 0 Å². The summed E-state index contributed by atoms with van der Waals surface area (Å²) >= 11 is 1.13. The number of aliphatic hydroxyl groups excluding tert-OH is 1. The zero-order valence-corrected chi connectivity index (χ0v) is 9.63. The average Bonchev–Trinajstić information content (AvgIpc) is 2.21. The molecule has 1 atom stereocenters. The van der Waals surface area contributed by atoms with Crippen molar-refractivity contribution in [3.05, 3.63) is 29.6 Å². The Bertz CT molecular complexity index is 381. The van der Waals surface area contributed by atoms with Crippen LogP contribution in [0.5, 0.6) is 0 Å². The summed E-state index contributed by atoms with van der Waals surface area (Å²) in [5.41, 5.74) is -0.0326. The molecule has 2 N–H and O–H groups in total. The molecular formula is C11H13FO3S. The zero-order chi connectivity index (χ0) is 12.1. The summed E-state index contributed by atoms with van der Waals surface area (Å²) in [7, 11) is 0. The van der Waals surface area contributed by atoms with Crippen LogP contribution in [0.1, 0.15) is 23.7 Å². The Hall–Kier alpha value is -1.07. The fraction of sp³-hybridized carbons (Fsp3) is 0.364. The maximum atomic E-state index is 13.5. The largest absolute Gasteiger partial charge is 0.478 e. The van der Waals surface area contributed by atoms with Crippen molar-refractivity contribution < 1.29 is 19.4 Å². The van der Waals surface area contributed by atoms with Gasteiger partial charge in [0.05, 0.1) is 10.5 Å². The number of hydrogen-bond acceptors (Lipinski definition) is 3. The number of carboxylic acid groups (broad SMARTS) is 1. The van der Waals surface area contributed by atoms with Crippen LogP contribution in [0.3, 0.4) is 0 Å². The van der Waals surface area contributed by atoms with E-state index in [4.69, 9.17) is 10.2 Å². The molecule has 1 unspecified atom stereocenters. The number of aromatic carboxylic acids is 1. The van der Waals surface area contributed by atoms with Crippen LogP contribution in [-0.2, 0) is 0 Å². The molecule has 0 spiro atoms. The predicted molar refractivity (Wildman–Crippen MR) is 60.4 cm³/mol. The van der Waals surface area contributed by atoms with Crippen LogP contribution in [0.4, 0.5) is 4.39 Å². The molecule has 3 nitrogen and oxygen atoms in total. The molecule has 0 heterocycles. The summed E-state index contributed by atoms with van der Waals surface area (Å²) in [4.78, 5) is 11.0. The van der Waals surface area contributed by atoms with E-state index in [1.807, 2.05) is 6.92 Å². The van der Waals surface area contributed by atoms with Gasteiger partial charge < -0.3 is 10.2 Å². The summed E-state index contributed by atoms with van der Waals surface area (Å²) in [6.07, 6.45) is 0.498. The number of hydrogen-bond donors (Lipinski definition) is 2. The Morgan fingerprint density at radius 3 is 2.81 bits per heavy atom. The van der Waals surface area contributed by atoms with Crippen LogP contribution < -0.4 is 0 Å². The lowest BCUT2D eigenvalue weighted by Crippen LogP contribution is -2.05. The summed E-state index contributed by atoms with van der Waals surface area (Å²) in [6.45, 7) is 1.82. The lowest BCUT2D eigenvalue weighted by molar-refractivity contribution is 0.0692. The zero-order valence-electron chi connectivity index (χ0n) is 8.81. The van der Waals surface area contributed by atoms with Gasteiger partial charge in [-0.3, -0.25) is 0 Å². The SMILES string of the molecule is CC(CCO)Sc1c(F)cccc1C(=O)O. The number of aliphatic hydroxyl groups is 1. The highest BCUT2D eigenvalue weighted by atomic mass is 32.2. The number of carboxylic acids is 1. The molecule has 5 heteroatoms. The second kappa shape index (κ2) is 5.86. The van der Waals surface area contributed by atoms with Gasteiger partial charge in [-0.25, -0.2) is 9.18 Å². The third-order valence-electron chi connectivity index (χ3n) is 2.05. The molecule has 0 aliphatic rings. The highest BCUT2D eigenvalue weighted by Crippen LogP contribution is 2.30. The third-order valence-corrected chi connectivity index (χ3v) is 3.34. The number of carbonyl (C=O) groups is 1. The first-order valence-electron chi connectivity index (χ1n) is 4.85. The molecule has 1 aromatic rings. The van der Waals surface area contributed by atoms with Gasteiger partial charge in [0.25, 0.3) is 0 Å². The van der Waals surface area contributed by atoms with E-state index < -0.39 is 11.8 Å². The lowest BCUT2D eigenvalue weighted by atomic mass is 10.2. The van der Waals surface area contributed by atoms with Crippen molar-refractivity contribution in [1.82, 2.24) is 0 Å². The quantitative estimate of drug-likeness (QED) is 0.781. The Kier molecular flexibility index (Phi) is 4.76. The number of halogens is 1. The molecule has 0 bridgehead atoms. The second-order valence-corrected chi connectivity index (χ2v) is 4.81. The molecule has 0 amide bonds. The van der Waals surface area contributed by atoms with Gasteiger partial charge in [0, 0.05) is 11.9 Å². The van der Waals surface area contributed by atoms with E-state index in [-0.39, 0.29) is 22.3 Å². The number of benzene rings is 1. The fourth-order valence-corrected chi connectivity index (χ4v) is 2.33. The van der Waals surface area contributed by atoms with Crippen molar-refractivity contribution in [2.24, 2.45) is 0 Å². The van der Waals surface area contributed by atoms with Crippen LogP contribution in [0, 0.1) is 5.82 Å². The average molecular weight is 244 g/mol. The molecule has 1 aromatic carbocycles. The monoisotopic (exact) mass is 244 g/mol. The maximum absolute atomic E-state index is 13.5. The van der Waals surface area contributed by atoms with E-state index in [0.717, 1.165) is 11.8 Å². The van der Waals surface area contributed by atoms with E-state index >= 15 is 0 Å². The van der Waals surface area contributed by atoms with E-state index in [1.54, 1.807) is 0 Å². The van der Waals surface area contributed by atoms with E-state index in [2.05, 4.69) is 0 Å². The topological polar surface area (TPSA) is 57.5 Å². The van der Waals surface area contributed by atoms with Gasteiger partial charge in [0.1, 0.15) is 5.82 Å². The Morgan fingerprint density at radius 2 is 2.25 bits per heavy atom. The third kappa shape index (κ3) is 3.21. The molecule has 0 radical (unpaired) electrons. The highest BCUT2D eigenvalue weighted by Gasteiger charge is 2.16. The van der Waals surface area contributed by atoms with Gasteiger partial charge >= 0.3 is 5.97 Å². The molecule has 0 aliphatic heterocycles. The smallest absolute Gasteiger partial charge is 0.336 e. The lowest BCUT2D eigenvalue weighted by Gasteiger charge is -2.12. The van der Waals surface area contributed by atoms with Crippen molar-refractivity contribution in [2.45, 2.75) is 23.5 Å². The van der Waals surface area contributed by atoms with Crippen molar-refractivity contribution in [2.75, 3.05) is 6.61 Å². The summed E-state index contributed by atoms with van der Waals surface area (Å²) in [5, 5.41) is 17.6. The Morgan fingerprint density at radius 1 is 1.56 bits per heavy atom. The number of thioether (sulfide) groups is 1. The Labute approximate surface area is 97.3 Å². The molecule has 88 valence electrons. The molecule has 0 aliphatic carbocycles. The van der Waals surface area contributed by atoms with E-state index in [1.165, 1.54) is 18.2 Å². The minimum absolute atomic E-state index is 0.00498. The summed E-state index contributed by atoms with van der Waals surface area (Å²) in [5.74, 6) is -1.67. The molecule has 0 saturated carbocycles. The van der Waals surface area contributed by atoms with Gasteiger partial charge in [-0.1, -0.05) is 13.0 Å². The van der Waals surface area contributed by atoms with Gasteiger partial charge in [0.15, 0.2) is 0 Å². The summed E-state index contributed by atoms with van der Waals surface area (Å²) < 4.78 is 13.5. The number of rotatable bonds is 5. The first-order chi connectivity index (χ1) is 7.56. The van der Waals surface area contributed by atoms with Crippen molar-refractivity contribution >= 4 is 17.7 Å². The molecule has 16 heavy (non-hydrogen) atoms. The molecular weight excluding hydrogens is 231 g/mol. The maximum Gasteiger partial charge on any atom is 0.336 e. The molecule has 1 rings (SSSR count). The second-order valence-electron chi connectivity index (χ2n) is 3.36. The van der Waals surface area contributed by atoms with Crippen LogP contribution >= 0.6 is 11.8 Å². The highest BCUT2D eigenvalue weighted by molar-refractivity contribution is 8.00. The molecule has 0 aromatic heterocycles. The minimum Gasteiger partial charge on any atom is -0.478 e. The molecule has 0 saturated heterocycles. The molecule has 0 fully saturated rings. The van der Waals surface area contributed by atoms with Crippen LogP contribution in [-0.4, -0.2) is 28.0 Å². The van der Waals surface area contributed by atoms with E-state index in [0.29, 0.717) is 6.42 Å². The normalized spacial score (nSPS) is 12.4. The van der Waals surface area contributed by atoms with Gasteiger partial charge in [-0.15, -0.1) is 11.8 Å². The van der Waals surface area contributed by atoms with Crippen molar-refractivity contribution in [3.63, 3.8) is 0 Å². The van der Waals surface area contributed by atoms with Crippen LogP contribution in [0.2, 0.25) is 0 Å². The first kappa shape index (κ1) is 13.0. The van der Waals surface area contributed by atoms with Crippen LogP contribution in [0.15, 0.2) is 23.1 Å². The van der Waals surface area contributed by atoms with Crippen molar-refractivity contribution in [3.8, 4) is 0 Å². The predicted octanol–water partition coefficient (Wildman–Crippen LogP) is 2.39. The fourth-order valence-electron chi connectivity index (χ4n) is 1.24. The minimum atomic E-state index is -1.14. The first-order valence-corrected chi connectivity index (χ1v) is 5.73. The van der Waals surface area contributed by atoms with Crippen molar-refractivity contribution in [1.29, 1.82) is 0 Å². The van der Waals surface area contributed by atoms with Crippen LogP contribution in [0.25, 0.3) is 0 Å².